The third-order valence-corrected chi connectivity index (χ3v) is 3.77. The molecule has 3 heteroatoms. The lowest BCUT2D eigenvalue weighted by molar-refractivity contribution is 0.343. The quantitative estimate of drug-likeness (QED) is 0.507. The molecule has 0 unspecified atom stereocenters. The van der Waals surface area contributed by atoms with Crippen LogP contribution in [-0.4, -0.2) is 12.4 Å². The van der Waals surface area contributed by atoms with E-state index in [4.69, 9.17) is 10.5 Å². The number of ether oxygens (including phenoxy) is 1. The van der Waals surface area contributed by atoms with Crippen LogP contribution in [0.15, 0.2) is 47.4 Å². The molecule has 2 rings (SSSR count). The molecule has 0 amide bonds. The average Bonchev–Trinajstić information content (AvgIpc) is 2.38. The van der Waals surface area contributed by atoms with Crippen molar-refractivity contribution in [2.24, 2.45) is 0 Å². The van der Waals surface area contributed by atoms with Crippen molar-refractivity contribution in [3.05, 3.63) is 53.6 Å². The van der Waals surface area contributed by atoms with Crippen molar-refractivity contribution in [3.63, 3.8) is 0 Å². The molecule has 0 aliphatic rings. The lowest BCUT2D eigenvalue weighted by atomic mass is 10.1. The summed E-state index contributed by atoms with van der Waals surface area (Å²) in [6, 6.07) is 14.4. The summed E-state index contributed by atoms with van der Waals surface area (Å²) in [4.78, 5) is 1.26. The summed E-state index contributed by atoms with van der Waals surface area (Å²) < 4.78 is 5.80. The van der Waals surface area contributed by atoms with Gasteiger partial charge in [-0.2, -0.15) is 0 Å². The molecule has 0 fully saturated rings. The molecule has 0 atom stereocenters. The topological polar surface area (TPSA) is 35.2 Å². The maximum atomic E-state index is 5.98. The first-order valence-electron chi connectivity index (χ1n) is 6.34. The van der Waals surface area contributed by atoms with Crippen LogP contribution in [0.5, 0.6) is 5.75 Å². The van der Waals surface area contributed by atoms with Crippen LogP contribution in [0.3, 0.4) is 0 Å². The first-order valence-corrected chi connectivity index (χ1v) is 7.33. The van der Waals surface area contributed by atoms with Gasteiger partial charge in [-0.25, -0.2) is 0 Å². The smallest absolute Gasteiger partial charge is 0.145 e. The van der Waals surface area contributed by atoms with Crippen LogP contribution >= 0.6 is 11.8 Å². The second-order valence-electron chi connectivity index (χ2n) is 4.51. The van der Waals surface area contributed by atoms with Gasteiger partial charge in [0.2, 0.25) is 0 Å². The molecule has 0 bridgehead atoms. The molecule has 2 aromatic rings. The number of nitrogen functional groups attached to an aromatic ring is 1. The maximum absolute atomic E-state index is 5.98. The summed E-state index contributed by atoms with van der Waals surface area (Å²) in [5, 5.41) is 0. The number of hydrogen-bond donors (Lipinski definition) is 1. The summed E-state index contributed by atoms with van der Waals surface area (Å²) in [6.07, 6.45) is 0. The molecule has 0 aliphatic heterocycles. The van der Waals surface area contributed by atoms with Gasteiger partial charge in [-0.05, 0) is 43.2 Å². The van der Waals surface area contributed by atoms with E-state index >= 15 is 0 Å². The summed E-state index contributed by atoms with van der Waals surface area (Å²) >= 11 is 1.79. The van der Waals surface area contributed by atoms with E-state index in [1.165, 1.54) is 10.5 Å². The molecule has 0 aliphatic carbocycles. The van der Waals surface area contributed by atoms with E-state index < -0.39 is 0 Å². The van der Waals surface area contributed by atoms with Crippen LogP contribution in [0.2, 0.25) is 0 Å². The Morgan fingerprint density at radius 1 is 1.11 bits per heavy atom. The Balaban J connectivity index is 1.86. The fourth-order valence-electron chi connectivity index (χ4n) is 2.00. The van der Waals surface area contributed by atoms with Gasteiger partial charge in [0.1, 0.15) is 5.75 Å². The van der Waals surface area contributed by atoms with E-state index in [-0.39, 0.29) is 0 Å². The molecule has 0 spiro atoms. The molecule has 19 heavy (non-hydrogen) atoms. The highest BCUT2D eigenvalue weighted by molar-refractivity contribution is 7.99. The molecule has 0 heterocycles. The third-order valence-electron chi connectivity index (χ3n) is 2.79. The molecular formula is C16H19NOS. The van der Waals surface area contributed by atoms with Crippen molar-refractivity contribution in [2.75, 3.05) is 18.1 Å². The number of hydrogen-bond acceptors (Lipinski definition) is 3. The first-order chi connectivity index (χ1) is 9.16. The van der Waals surface area contributed by atoms with Crippen molar-refractivity contribution in [1.29, 1.82) is 0 Å². The summed E-state index contributed by atoms with van der Waals surface area (Å²) in [5.41, 5.74) is 8.97. The van der Waals surface area contributed by atoms with Gasteiger partial charge in [0.25, 0.3) is 0 Å². The van der Waals surface area contributed by atoms with Crippen molar-refractivity contribution in [2.45, 2.75) is 18.7 Å². The minimum Gasteiger partial charge on any atom is -0.490 e. The van der Waals surface area contributed by atoms with Crippen molar-refractivity contribution in [1.82, 2.24) is 0 Å². The van der Waals surface area contributed by atoms with Gasteiger partial charge in [0.15, 0.2) is 0 Å². The number of nitrogens with two attached hydrogens (primary N) is 1. The van der Waals surface area contributed by atoms with Crippen LogP contribution in [0.25, 0.3) is 0 Å². The van der Waals surface area contributed by atoms with Gasteiger partial charge in [-0.3, -0.25) is 0 Å². The van der Waals surface area contributed by atoms with Gasteiger partial charge < -0.3 is 10.5 Å². The summed E-state index contributed by atoms with van der Waals surface area (Å²) in [6.45, 7) is 4.73. The Hall–Kier alpha value is -1.61. The van der Waals surface area contributed by atoms with Crippen LogP contribution in [0, 0.1) is 13.8 Å². The standard InChI is InChI=1S/C16H19NOS/c1-12-10-13(2)16(15(17)11-12)18-8-9-19-14-6-4-3-5-7-14/h3-7,10-11H,8-9,17H2,1-2H3. The first kappa shape index (κ1) is 13.8. The zero-order chi connectivity index (χ0) is 13.7. The SMILES string of the molecule is Cc1cc(C)c(OCCSc2ccccc2)c(N)c1. The molecule has 2 N–H and O–H groups in total. The minimum absolute atomic E-state index is 0.660. The van der Waals surface area contributed by atoms with Crippen LogP contribution in [-0.2, 0) is 0 Å². The monoisotopic (exact) mass is 273 g/mol. The Kier molecular flexibility index (Phi) is 4.74. The van der Waals surface area contributed by atoms with E-state index in [1.807, 2.05) is 38.1 Å². The molecule has 2 aromatic carbocycles. The second kappa shape index (κ2) is 6.53. The summed E-state index contributed by atoms with van der Waals surface area (Å²) in [7, 11) is 0. The number of aryl methyl sites for hydroxylation is 2. The predicted octanol–water partition coefficient (Wildman–Crippen LogP) is 4.06. The highest BCUT2D eigenvalue weighted by Gasteiger charge is 2.05. The van der Waals surface area contributed by atoms with Crippen molar-refractivity contribution >= 4 is 17.4 Å². The lowest BCUT2D eigenvalue weighted by Gasteiger charge is -2.12. The van der Waals surface area contributed by atoms with Gasteiger partial charge in [0.05, 0.1) is 12.3 Å². The average molecular weight is 273 g/mol. The number of anilines is 1. The fourth-order valence-corrected chi connectivity index (χ4v) is 2.76. The molecule has 100 valence electrons. The largest absolute Gasteiger partial charge is 0.490 e. The van der Waals surface area contributed by atoms with E-state index in [0.29, 0.717) is 6.61 Å². The Morgan fingerprint density at radius 3 is 2.53 bits per heavy atom. The number of rotatable bonds is 5. The maximum Gasteiger partial charge on any atom is 0.145 e. The Morgan fingerprint density at radius 2 is 1.84 bits per heavy atom. The summed E-state index contributed by atoms with van der Waals surface area (Å²) in [5.74, 6) is 1.73. The third kappa shape index (κ3) is 3.93. The highest BCUT2D eigenvalue weighted by atomic mass is 32.2. The zero-order valence-electron chi connectivity index (χ0n) is 11.3. The molecule has 0 radical (unpaired) electrons. The van der Waals surface area contributed by atoms with Crippen LogP contribution in [0.1, 0.15) is 11.1 Å². The van der Waals surface area contributed by atoms with E-state index in [9.17, 15) is 0 Å². The van der Waals surface area contributed by atoms with Gasteiger partial charge in [-0.1, -0.05) is 24.3 Å². The molecule has 0 saturated carbocycles. The van der Waals surface area contributed by atoms with Crippen molar-refractivity contribution in [3.8, 4) is 5.75 Å². The van der Waals surface area contributed by atoms with Crippen LogP contribution < -0.4 is 10.5 Å². The van der Waals surface area contributed by atoms with Gasteiger partial charge in [-0.15, -0.1) is 11.8 Å². The molecule has 0 saturated heterocycles. The Labute approximate surface area is 119 Å². The molecule has 2 nitrogen and oxygen atoms in total. The van der Waals surface area contributed by atoms with E-state index in [1.54, 1.807) is 11.8 Å². The molecular weight excluding hydrogens is 254 g/mol. The predicted molar refractivity (Wildman–Crippen MR) is 83.0 cm³/mol. The van der Waals surface area contributed by atoms with Gasteiger partial charge in [0, 0.05) is 10.6 Å². The normalized spacial score (nSPS) is 10.4. The minimum atomic E-state index is 0.660. The van der Waals surface area contributed by atoms with Crippen LogP contribution in [0.4, 0.5) is 5.69 Å². The number of thioether (sulfide) groups is 1. The molecule has 0 aromatic heterocycles. The van der Waals surface area contributed by atoms with Crippen molar-refractivity contribution < 1.29 is 4.74 Å². The van der Waals surface area contributed by atoms with E-state index in [2.05, 4.69) is 18.2 Å². The van der Waals surface area contributed by atoms with Gasteiger partial charge >= 0.3 is 0 Å². The fraction of sp³-hybridized carbons (Fsp3) is 0.250. The Bertz CT molecular complexity index is 517. The van der Waals surface area contributed by atoms with E-state index in [0.717, 1.165) is 22.8 Å². The second-order valence-corrected chi connectivity index (χ2v) is 5.68. The lowest BCUT2D eigenvalue weighted by Crippen LogP contribution is -2.04. The highest BCUT2D eigenvalue weighted by Crippen LogP contribution is 2.28. The zero-order valence-corrected chi connectivity index (χ0v) is 12.2. The number of benzene rings is 2.